The number of aliphatic imine (C=N–C) groups is 1. The zero-order valence-electron chi connectivity index (χ0n) is 15.8. The van der Waals surface area contributed by atoms with Gasteiger partial charge in [0.05, 0.1) is 16.8 Å². The van der Waals surface area contributed by atoms with Gasteiger partial charge >= 0.3 is 5.97 Å². The normalized spacial score (nSPS) is 16.7. The van der Waals surface area contributed by atoms with Gasteiger partial charge in [0, 0.05) is 36.8 Å². The van der Waals surface area contributed by atoms with Crippen molar-refractivity contribution in [1.82, 2.24) is 9.88 Å². The monoisotopic (exact) mass is 377 g/mol. The predicted molar refractivity (Wildman–Crippen MR) is 108 cm³/mol. The molecule has 0 bridgehead atoms. The third-order valence-electron chi connectivity index (χ3n) is 5.12. The molecular weight excluding hydrogens is 354 g/mol. The van der Waals surface area contributed by atoms with E-state index in [1.807, 2.05) is 24.3 Å². The quantitative estimate of drug-likeness (QED) is 0.767. The largest absolute Gasteiger partial charge is 0.452 e. The third kappa shape index (κ3) is 3.96. The van der Waals surface area contributed by atoms with Gasteiger partial charge in [0.1, 0.15) is 0 Å². The van der Waals surface area contributed by atoms with Crippen LogP contribution >= 0.6 is 0 Å². The summed E-state index contributed by atoms with van der Waals surface area (Å²) in [4.78, 5) is 35.9. The SMILES string of the molecule is O=C(OCC(=O)N1CCCCC1)c1cc(C2=CCCN=C2)nc2ccccc12. The number of piperidine rings is 1. The second-order valence-corrected chi connectivity index (χ2v) is 7.07. The molecule has 2 aromatic rings. The number of allylic oxidation sites excluding steroid dienone is 1. The number of fused-ring (bicyclic) bond motifs is 1. The Balaban J connectivity index is 1.57. The molecule has 1 aromatic carbocycles. The van der Waals surface area contributed by atoms with Gasteiger partial charge in [0.25, 0.3) is 5.91 Å². The molecule has 1 amide bonds. The molecule has 1 fully saturated rings. The first-order chi connectivity index (χ1) is 13.7. The Morgan fingerprint density at radius 2 is 1.93 bits per heavy atom. The topological polar surface area (TPSA) is 71.9 Å². The van der Waals surface area contributed by atoms with Crippen molar-refractivity contribution in [3.05, 3.63) is 47.7 Å². The van der Waals surface area contributed by atoms with Crippen molar-refractivity contribution in [3.8, 4) is 0 Å². The Morgan fingerprint density at radius 1 is 1.11 bits per heavy atom. The van der Waals surface area contributed by atoms with E-state index in [-0.39, 0.29) is 12.5 Å². The first kappa shape index (κ1) is 18.3. The van der Waals surface area contributed by atoms with Crippen LogP contribution in [-0.2, 0) is 9.53 Å². The second kappa shape index (κ2) is 8.33. The van der Waals surface area contributed by atoms with E-state index >= 15 is 0 Å². The van der Waals surface area contributed by atoms with Crippen LogP contribution in [0.4, 0.5) is 0 Å². The Labute approximate surface area is 163 Å². The number of nitrogens with zero attached hydrogens (tertiary/aromatic N) is 3. The number of likely N-dealkylation sites (tertiary alicyclic amines) is 1. The number of esters is 1. The summed E-state index contributed by atoms with van der Waals surface area (Å²) in [7, 11) is 0. The van der Waals surface area contributed by atoms with E-state index in [1.165, 1.54) is 0 Å². The van der Waals surface area contributed by atoms with Crippen molar-refractivity contribution < 1.29 is 14.3 Å². The highest BCUT2D eigenvalue weighted by Crippen LogP contribution is 2.24. The number of carbonyl (C=O) groups is 2. The highest BCUT2D eigenvalue weighted by Gasteiger charge is 2.20. The fraction of sp³-hybridized carbons (Fsp3) is 0.364. The average molecular weight is 377 g/mol. The number of hydrogen-bond donors (Lipinski definition) is 0. The molecule has 0 saturated carbocycles. The number of benzene rings is 1. The Bertz CT molecular complexity index is 959. The minimum absolute atomic E-state index is 0.131. The van der Waals surface area contributed by atoms with Crippen molar-refractivity contribution >= 4 is 34.6 Å². The number of aromatic nitrogens is 1. The number of ether oxygens (including phenoxy) is 1. The molecular formula is C22H23N3O3. The summed E-state index contributed by atoms with van der Waals surface area (Å²) in [5.41, 5.74) is 2.73. The van der Waals surface area contributed by atoms with E-state index < -0.39 is 5.97 Å². The van der Waals surface area contributed by atoms with E-state index in [2.05, 4.69) is 16.1 Å². The molecule has 6 heteroatoms. The maximum atomic E-state index is 12.8. The fourth-order valence-electron chi connectivity index (χ4n) is 3.61. The number of amides is 1. The summed E-state index contributed by atoms with van der Waals surface area (Å²) < 4.78 is 5.38. The minimum Gasteiger partial charge on any atom is -0.452 e. The van der Waals surface area contributed by atoms with Crippen molar-refractivity contribution in [2.75, 3.05) is 26.2 Å². The van der Waals surface area contributed by atoms with Gasteiger partial charge in [0.2, 0.25) is 0 Å². The van der Waals surface area contributed by atoms with Gasteiger partial charge in [-0.1, -0.05) is 24.3 Å². The molecule has 144 valence electrons. The molecule has 0 spiro atoms. The van der Waals surface area contributed by atoms with E-state index in [0.29, 0.717) is 16.8 Å². The molecule has 3 heterocycles. The molecule has 2 aliphatic rings. The zero-order chi connectivity index (χ0) is 19.3. The molecule has 6 nitrogen and oxygen atoms in total. The van der Waals surface area contributed by atoms with Crippen LogP contribution in [0, 0.1) is 0 Å². The number of dihydropyridines is 1. The molecule has 4 rings (SSSR count). The van der Waals surface area contributed by atoms with E-state index in [0.717, 1.165) is 56.3 Å². The maximum absolute atomic E-state index is 12.8. The summed E-state index contributed by atoms with van der Waals surface area (Å²) in [6.07, 6.45) is 7.87. The Hall–Kier alpha value is -3.02. The van der Waals surface area contributed by atoms with Crippen LogP contribution in [0.5, 0.6) is 0 Å². The zero-order valence-corrected chi connectivity index (χ0v) is 15.8. The Kier molecular flexibility index (Phi) is 5.46. The van der Waals surface area contributed by atoms with Crippen LogP contribution in [0.25, 0.3) is 16.5 Å². The van der Waals surface area contributed by atoms with Crippen LogP contribution in [0.2, 0.25) is 0 Å². The number of para-hydroxylation sites is 1. The van der Waals surface area contributed by atoms with E-state index in [1.54, 1.807) is 17.2 Å². The summed E-state index contributed by atoms with van der Waals surface area (Å²) in [6.45, 7) is 2.03. The summed E-state index contributed by atoms with van der Waals surface area (Å²) in [5, 5.41) is 0.718. The lowest BCUT2D eigenvalue weighted by Crippen LogP contribution is -2.38. The minimum atomic E-state index is -0.501. The van der Waals surface area contributed by atoms with Gasteiger partial charge in [-0.2, -0.15) is 0 Å². The molecule has 2 aliphatic heterocycles. The summed E-state index contributed by atoms with van der Waals surface area (Å²) in [6, 6.07) is 9.20. The van der Waals surface area contributed by atoms with E-state index in [4.69, 9.17) is 4.74 Å². The van der Waals surface area contributed by atoms with Crippen LogP contribution < -0.4 is 0 Å². The standard InChI is InChI=1S/C22H23N3O3/c26-21(25-11-4-1-5-12-25)15-28-22(27)18-13-20(16-7-6-10-23-14-16)24-19-9-3-2-8-17(18)19/h2-3,7-9,13-14H,1,4-6,10-12,15H2. The highest BCUT2D eigenvalue weighted by atomic mass is 16.5. The number of hydrogen-bond acceptors (Lipinski definition) is 5. The van der Waals surface area contributed by atoms with Gasteiger partial charge in [-0.3, -0.25) is 9.79 Å². The first-order valence-electron chi connectivity index (χ1n) is 9.77. The predicted octanol–water partition coefficient (Wildman–Crippen LogP) is 3.26. The molecule has 0 N–H and O–H groups in total. The summed E-state index contributed by atoms with van der Waals surface area (Å²) in [5.74, 6) is -0.632. The highest BCUT2D eigenvalue weighted by molar-refractivity contribution is 6.12. The van der Waals surface area contributed by atoms with Gasteiger partial charge in [0.15, 0.2) is 6.61 Å². The Morgan fingerprint density at radius 3 is 2.71 bits per heavy atom. The van der Waals surface area contributed by atoms with Crippen molar-refractivity contribution in [2.24, 2.45) is 4.99 Å². The second-order valence-electron chi connectivity index (χ2n) is 7.07. The van der Waals surface area contributed by atoms with Crippen molar-refractivity contribution in [3.63, 3.8) is 0 Å². The number of rotatable bonds is 4. The molecule has 0 radical (unpaired) electrons. The van der Waals surface area contributed by atoms with Crippen LogP contribution in [0.1, 0.15) is 41.7 Å². The van der Waals surface area contributed by atoms with Crippen molar-refractivity contribution in [1.29, 1.82) is 0 Å². The third-order valence-corrected chi connectivity index (χ3v) is 5.12. The van der Waals surface area contributed by atoms with Gasteiger partial charge in [-0.25, -0.2) is 9.78 Å². The maximum Gasteiger partial charge on any atom is 0.339 e. The van der Waals surface area contributed by atoms with Gasteiger partial charge < -0.3 is 9.64 Å². The lowest BCUT2D eigenvalue weighted by molar-refractivity contribution is -0.135. The molecule has 0 aliphatic carbocycles. The molecule has 1 saturated heterocycles. The number of pyridine rings is 1. The van der Waals surface area contributed by atoms with Crippen LogP contribution in [-0.4, -0.2) is 54.2 Å². The smallest absolute Gasteiger partial charge is 0.339 e. The van der Waals surface area contributed by atoms with Gasteiger partial charge in [-0.05, 0) is 37.8 Å². The lowest BCUT2D eigenvalue weighted by Gasteiger charge is -2.26. The fourth-order valence-corrected chi connectivity index (χ4v) is 3.61. The van der Waals surface area contributed by atoms with Crippen LogP contribution in [0.3, 0.4) is 0 Å². The molecule has 0 unspecified atom stereocenters. The lowest BCUT2D eigenvalue weighted by atomic mass is 10.0. The molecule has 1 aromatic heterocycles. The average Bonchev–Trinajstić information content (AvgIpc) is 2.77. The van der Waals surface area contributed by atoms with E-state index in [9.17, 15) is 9.59 Å². The summed E-state index contributed by atoms with van der Waals surface area (Å²) >= 11 is 0. The van der Waals surface area contributed by atoms with Gasteiger partial charge in [-0.15, -0.1) is 0 Å². The first-order valence-corrected chi connectivity index (χ1v) is 9.77. The number of carbonyl (C=O) groups excluding carboxylic acids is 2. The van der Waals surface area contributed by atoms with Crippen molar-refractivity contribution in [2.45, 2.75) is 25.7 Å². The molecule has 0 atom stereocenters. The molecule has 28 heavy (non-hydrogen) atoms. The van der Waals surface area contributed by atoms with Crippen LogP contribution in [0.15, 0.2) is 41.4 Å².